The third-order valence-corrected chi connectivity index (χ3v) is 6.49. The van der Waals surface area contributed by atoms with Gasteiger partial charge >= 0.3 is 12.1 Å². The number of fused-ring (bicyclic) bond motifs is 1. The van der Waals surface area contributed by atoms with Gasteiger partial charge in [-0.15, -0.1) is 0 Å². The number of alkyl halides is 3. The number of aryl methyl sites for hydroxylation is 2. The number of hydrogen-bond acceptors (Lipinski definition) is 5. The molecule has 4 rings (SSSR count). The van der Waals surface area contributed by atoms with Crippen LogP contribution in [0.4, 0.5) is 18.9 Å². The summed E-state index contributed by atoms with van der Waals surface area (Å²) < 4.78 is 31.7. The van der Waals surface area contributed by atoms with E-state index in [9.17, 15) is 23.1 Å². The van der Waals surface area contributed by atoms with E-state index in [0.29, 0.717) is 6.42 Å². The van der Waals surface area contributed by atoms with Crippen LogP contribution in [0, 0.1) is 13.8 Å². The summed E-state index contributed by atoms with van der Waals surface area (Å²) in [5.74, 6) is -2.67. The Morgan fingerprint density at radius 1 is 1.05 bits per heavy atom. The molecule has 7 nitrogen and oxygen atoms in total. The number of hydrogen-bond donors (Lipinski definition) is 5. The van der Waals surface area contributed by atoms with E-state index in [1.54, 1.807) is 12.1 Å². The van der Waals surface area contributed by atoms with Crippen LogP contribution in [-0.4, -0.2) is 40.9 Å². The minimum Gasteiger partial charge on any atom is -0.508 e. The van der Waals surface area contributed by atoms with Gasteiger partial charge in [0.25, 0.3) is 0 Å². The molecule has 6 N–H and O–H groups in total. The van der Waals surface area contributed by atoms with E-state index in [0.717, 1.165) is 47.3 Å². The van der Waals surface area contributed by atoms with Gasteiger partial charge in [-0.2, -0.15) is 13.2 Å². The van der Waals surface area contributed by atoms with Crippen molar-refractivity contribution in [3.63, 3.8) is 0 Å². The smallest absolute Gasteiger partial charge is 0.490 e. The molecule has 1 heterocycles. The highest BCUT2D eigenvalue weighted by molar-refractivity contribution is 5.82. The summed E-state index contributed by atoms with van der Waals surface area (Å²) in [4.78, 5) is 21.9. The molecule has 0 aromatic heterocycles. The van der Waals surface area contributed by atoms with Gasteiger partial charge in [-0.05, 0) is 84.7 Å². The van der Waals surface area contributed by atoms with Crippen LogP contribution in [0.3, 0.4) is 0 Å². The fourth-order valence-corrected chi connectivity index (χ4v) is 4.54. The molecule has 1 amide bonds. The predicted octanol–water partition coefficient (Wildman–Crippen LogP) is 4.78. The zero-order chi connectivity index (χ0) is 28.7. The summed E-state index contributed by atoms with van der Waals surface area (Å²) >= 11 is 0. The molecule has 0 radical (unpaired) electrons. The molecule has 39 heavy (non-hydrogen) atoms. The molecule has 0 bridgehead atoms. The standard InChI is InChI=1S/C27H31N3O2.C2HF3O2/c1-17-12-21(31)13-18(2)22(17)16-24(28)27(32)30-26-10-11-29-25-9-8-20(15-23(25)26)14-19-6-4-3-5-7-19;3-2(4,5)1(6)7/h3-9,12-13,15,24,26,29,31H,10-11,14,16,28H2,1-2H3,(H,30,32);(H,6,7)/t24-,26+;/m0./s1. The first-order valence-corrected chi connectivity index (χ1v) is 12.4. The molecule has 3 aromatic carbocycles. The van der Waals surface area contributed by atoms with Gasteiger partial charge in [0.2, 0.25) is 5.91 Å². The SMILES string of the molecule is Cc1cc(O)cc(C)c1C[C@H](N)C(=O)N[C@@H]1CCNc2ccc(Cc3ccccc3)cc21.O=C(O)C(F)(F)F. The molecule has 0 saturated heterocycles. The first kappa shape index (κ1) is 29.5. The molecule has 0 aliphatic carbocycles. The van der Waals surface area contributed by atoms with E-state index in [1.165, 1.54) is 11.1 Å². The van der Waals surface area contributed by atoms with Crippen molar-refractivity contribution >= 4 is 17.6 Å². The molecule has 208 valence electrons. The summed E-state index contributed by atoms with van der Waals surface area (Å²) in [6.45, 7) is 4.68. The lowest BCUT2D eigenvalue weighted by Gasteiger charge is -2.29. The largest absolute Gasteiger partial charge is 0.508 e. The quantitative estimate of drug-likeness (QED) is 0.305. The van der Waals surface area contributed by atoms with Crippen LogP contribution in [0.1, 0.15) is 45.8 Å². The number of carbonyl (C=O) groups excluding carboxylic acids is 1. The number of anilines is 1. The second kappa shape index (κ2) is 12.7. The highest BCUT2D eigenvalue weighted by Gasteiger charge is 2.38. The molecule has 0 fully saturated rings. The Balaban J connectivity index is 0.000000532. The zero-order valence-corrected chi connectivity index (χ0v) is 21.7. The Morgan fingerprint density at radius 3 is 2.26 bits per heavy atom. The number of nitrogens with two attached hydrogens (primary N) is 1. The maximum absolute atomic E-state index is 13.0. The van der Waals surface area contributed by atoms with Crippen LogP contribution in [0.25, 0.3) is 0 Å². The highest BCUT2D eigenvalue weighted by atomic mass is 19.4. The number of carboxylic acids is 1. The fourth-order valence-electron chi connectivity index (χ4n) is 4.54. The molecule has 0 spiro atoms. The number of nitrogens with one attached hydrogen (secondary N) is 2. The zero-order valence-electron chi connectivity index (χ0n) is 21.7. The average Bonchev–Trinajstić information content (AvgIpc) is 2.87. The van der Waals surface area contributed by atoms with E-state index in [-0.39, 0.29) is 17.7 Å². The van der Waals surface area contributed by atoms with Crippen molar-refractivity contribution in [3.8, 4) is 5.75 Å². The number of aliphatic carboxylic acids is 1. The van der Waals surface area contributed by atoms with E-state index in [4.69, 9.17) is 15.6 Å². The van der Waals surface area contributed by atoms with Crippen molar-refractivity contribution in [3.05, 3.63) is 94.0 Å². The molecule has 2 atom stereocenters. The van der Waals surface area contributed by atoms with Gasteiger partial charge in [0.15, 0.2) is 0 Å². The Hall–Kier alpha value is -4.05. The van der Waals surface area contributed by atoms with Gasteiger partial charge in [-0.1, -0.05) is 42.5 Å². The fraction of sp³-hybridized carbons (Fsp3) is 0.310. The van der Waals surface area contributed by atoms with Gasteiger partial charge in [-0.3, -0.25) is 4.79 Å². The van der Waals surface area contributed by atoms with Crippen molar-refractivity contribution in [1.82, 2.24) is 5.32 Å². The van der Waals surface area contributed by atoms with Gasteiger partial charge in [0.05, 0.1) is 12.1 Å². The van der Waals surface area contributed by atoms with E-state index < -0.39 is 18.2 Å². The first-order chi connectivity index (χ1) is 18.3. The van der Waals surface area contributed by atoms with Crippen LogP contribution >= 0.6 is 0 Å². The summed E-state index contributed by atoms with van der Waals surface area (Å²) in [7, 11) is 0. The Labute approximate surface area is 224 Å². The van der Waals surface area contributed by atoms with Crippen LogP contribution < -0.4 is 16.4 Å². The number of amides is 1. The van der Waals surface area contributed by atoms with E-state index >= 15 is 0 Å². The molecule has 3 aromatic rings. The number of rotatable bonds is 6. The third-order valence-electron chi connectivity index (χ3n) is 6.49. The molecule has 0 unspecified atom stereocenters. The molecule has 1 aliphatic rings. The molecule has 1 aliphatic heterocycles. The van der Waals surface area contributed by atoms with Crippen LogP contribution in [0.5, 0.6) is 5.75 Å². The number of phenols is 1. The highest BCUT2D eigenvalue weighted by Crippen LogP contribution is 2.31. The van der Waals surface area contributed by atoms with Crippen molar-refractivity contribution < 1.29 is 33.0 Å². The van der Waals surface area contributed by atoms with Gasteiger partial charge in [-0.25, -0.2) is 4.79 Å². The number of carboxylic acid groups (broad SMARTS) is 1. The van der Waals surface area contributed by atoms with Crippen molar-refractivity contribution in [2.45, 2.75) is 51.4 Å². The number of phenolic OH excluding ortho intramolecular Hbond substituents is 1. The normalized spacial score (nSPS) is 15.2. The molecule has 0 saturated carbocycles. The topological polar surface area (TPSA) is 125 Å². The van der Waals surface area contributed by atoms with Crippen LogP contribution in [0.15, 0.2) is 60.7 Å². The van der Waals surface area contributed by atoms with E-state index in [2.05, 4.69) is 53.1 Å². The number of halogens is 3. The Morgan fingerprint density at radius 2 is 1.67 bits per heavy atom. The minimum absolute atomic E-state index is 0.0671. The number of carbonyl (C=O) groups is 2. The lowest BCUT2D eigenvalue weighted by atomic mass is 9.92. The summed E-state index contributed by atoms with van der Waals surface area (Å²) in [5, 5.41) is 23.5. The first-order valence-electron chi connectivity index (χ1n) is 12.4. The summed E-state index contributed by atoms with van der Waals surface area (Å²) in [6, 6.07) is 19.5. The second-order valence-corrected chi connectivity index (χ2v) is 9.53. The average molecular weight is 544 g/mol. The maximum atomic E-state index is 13.0. The van der Waals surface area contributed by atoms with Gasteiger partial charge in [0, 0.05) is 12.2 Å². The molecular weight excluding hydrogens is 511 g/mol. The monoisotopic (exact) mass is 543 g/mol. The maximum Gasteiger partial charge on any atom is 0.490 e. The van der Waals surface area contributed by atoms with Crippen LogP contribution in [0.2, 0.25) is 0 Å². The van der Waals surface area contributed by atoms with E-state index in [1.807, 2.05) is 19.9 Å². The van der Waals surface area contributed by atoms with Crippen LogP contribution in [-0.2, 0) is 22.4 Å². The molecular formula is C29H32F3N3O4. The Kier molecular flexibility index (Phi) is 9.58. The Bertz CT molecular complexity index is 1290. The second-order valence-electron chi connectivity index (χ2n) is 9.53. The third kappa shape index (κ3) is 8.22. The van der Waals surface area contributed by atoms with Gasteiger partial charge in [0.1, 0.15) is 5.75 Å². The minimum atomic E-state index is -5.08. The number of aromatic hydroxyl groups is 1. The summed E-state index contributed by atoms with van der Waals surface area (Å²) in [6.07, 6.45) is -2.97. The molecule has 10 heteroatoms. The van der Waals surface area contributed by atoms with Gasteiger partial charge < -0.3 is 26.6 Å². The lowest BCUT2D eigenvalue weighted by molar-refractivity contribution is -0.192. The summed E-state index contributed by atoms with van der Waals surface area (Å²) in [5.41, 5.74) is 13.9. The van der Waals surface area contributed by atoms with Crippen molar-refractivity contribution in [2.75, 3.05) is 11.9 Å². The number of benzene rings is 3. The lowest BCUT2D eigenvalue weighted by Crippen LogP contribution is -2.44. The predicted molar refractivity (Wildman–Crippen MR) is 143 cm³/mol. The van der Waals surface area contributed by atoms with Crippen molar-refractivity contribution in [2.24, 2.45) is 5.73 Å². The van der Waals surface area contributed by atoms with Crippen molar-refractivity contribution in [1.29, 1.82) is 0 Å².